The lowest BCUT2D eigenvalue weighted by molar-refractivity contribution is -0.318. The van der Waals surface area contributed by atoms with Crippen molar-refractivity contribution in [1.29, 1.82) is 0 Å². The maximum atomic E-state index is 15.1. The highest BCUT2D eigenvalue weighted by Gasteiger charge is 2.58. The molecule has 0 aromatic carbocycles. The van der Waals surface area contributed by atoms with Crippen LogP contribution in [0.5, 0.6) is 0 Å². The third-order valence-electron chi connectivity index (χ3n) is 3.50. The van der Waals surface area contributed by atoms with Gasteiger partial charge in [0, 0.05) is 18.7 Å². The Morgan fingerprint density at radius 1 is 1.57 bits per heavy atom. The molecule has 23 heavy (non-hydrogen) atoms. The highest BCUT2D eigenvalue weighted by molar-refractivity contribution is 5.68. The Morgan fingerprint density at radius 2 is 2.26 bits per heavy atom. The van der Waals surface area contributed by atoms with Crippen molar-refractivity contribution in [2.75, 3.05) is 6.61 Å². The summed E-state index contributed by atoms with van der Waals surface area (Å²) >= 11 is 0. The van der Waals surface area contributed by atoms with Crippen LogP contribution in [0.2, 0.25) is 0 Å². The fourth-order valence-corrected chi connectivity index (χ4v) is 2.28. The van der Waals surface area contributed by atoms with Crippen LogP contribution in [0.25, 0.3) is 0 Å². The van der Waals surface area contributed by atoms with Crippen molar-refractivity contribution in [3.8, 4) is 0 Å². The van der Waals surface area contributed by atoms with Gasteiger partial charge in [0.1, 0.15) is 6.10 Å². The average molecular weight is 332 g/mol. The van der Waals surface area contributed by atoms with E-state index in [9.17, 15) is 19.5 Å². The normalized spacial score (nSPS) is 30.3. The van der Waals surface area contributed by atoms with Crippen molar-refractivity contribution >= 4 is 5.97 Å². The second-order valence-electron chi connectivity index (χ2n) is 5.20. The van der Waals surface area contributed by atoms with E-state index >= 15 is 4.39 Å². The fourth-order valence-electron chi connectivity index (χ4n) is 2.28. The SMILES string of the molecule is CCC(=O)OO[C@H]1[C@@H](CO)O[C@@H](n2ccc(=O)[nH]c2=O)[C@]1(C)F. The Labute approximate surface area is 129 Å². The molecule has 2 N–H and O–H groups in total. The number of nitrogens with zero attached hydrogens (tertiary/aromatic N) is 1. The van der Waals surface area contributed by atoms with E-state index in [0.29, 0.717) is 0 Å². The predicted octanol–water partition coefficient (Wildman–Crippen LogP) is -0.592. The van der Waals surface area contributed by atoms with Gasteiger partial charge in [-0.1, -0.05) is 6.92 Å². The molecule has 128 valence electrons. The molecule has 1 saturated heterocycles. The van der Waals surface area contributed by atoms with Gasteiger partial charge in [-0.3, -0.25) is 19.2 Å². The summed E-state index contributed by atoms with van der Waals surface area (Å²) in [7, 11) is 0. The molecule has 2 rings (SSSR count). The monoisotopic (exact) mass is 332 g/mol. The second kappa shape index (κ2) is 6.60. The van der Waals surface area contributed by atoms with E-state index in [2.05, 4.69) is 4.89 Å². The molecule has 9 nitrogen and oxygen atoms in total. The van der Waals surface area contributed by atoms with E-state index in [1.165, 1.54) is 6.92 Å². The van der Waals surface area contributed by atoms with Crippen molar-refractivity contribution in [2.45, 2.75) is 44.4 Å². The molecule has 2 heterocycles. The van der Waals surface area contributed by atoms with Crippen LogP contribution >= 0.6 is 0 Å². The number of aromatic amines is 1. The zero-order valence-corrected chi connectivity index (χ0v) is 12.5. The summed E-state index contributed by atoms with van der Waals surface area (Å²) in [6.07, 6.45) is -3.01. The lowest BCUT2D eigenvalue weighted by Gasteiger charge is -2.26. The molecule has 1 aliphatic heterocycles. The van der Waals surface area contributed by atoms with Crippen LogP contribution in [0.3, 0.4) is 0 Å². The lowest BCUT2D eigenvalue weighted by Crippen LogP contribution is -2.45. The minimum absolute atomic E-state index is 0.0170. The number of aliphatic hydroxyl groups is 1. The standard InChI is InChI=1S/C13H17FN2O7/c1-3-9(19)22-23-10-7(6-17)21-11(13(10,2)14)16-5-4-8(18)15-12(16)20/h4-5,7,10-11,17H,3,6H2,1-2H3,(H,15,18,20)/t7-,10+,11-,13-/m1/s1. The summed E-state index contributed by atoms with van der Waals surface area (Å²) in [6, 6.07) is 1.03. The van der Waals surface area contributed by atoms with Gasteiger partial charge in [0.2, 0.25) is 0 Å². The summed E-state index contributed by atoms with van der Waals surface area (Å²) in [5, 5.41) is 9.31. The maximum Gasteiger partial charge on any atom is 0.342 e. The van der Waals surface area contributed by atoms with Gasteiger partial charge in [0.15, 0.2) is 18.0 Å². The van der Waals surface area contributed by atoms with Crippen molar-refractivity contribution in [1.82, 2.24) is 9.55 Å². The van der Waals surface area contributed by atoms with Crippen LogP contribution in [0.1, 0.15) is 26.5 Å². The topological polar surface area (TPSA) is 120 Å². The third-order valence-corrected chi connectivity index (χ3v) is 3.50. The smallest absolute Gasteiger partial charge is 0.342 e. The number of hydrogen-bond acceptors (Lipinski definition) is 7. The minimum Gasteiger partial charge on any atom is -0.394 e. The molecular formula is C13H17FN2O7. The molecule has 1 aliphatic rings. The average Bonchev–Trinajstić information content (AvgIpc) is 2.75. The van der Waals surface area contributed by atoms with Crippen LogP contribution < -0.4 is 11.2 Å². The number of alkyl halides is 1. The number of ether oxygens (including phenoxy) is 1. The number of aromatic nitrogens is 2. The number of carbonyl (C=O) groups excluding carboxylic acids is 1. The van der Waals surface area contributed by atoms with Crippen LogP contribution in [0.4, 0.5) is 4.39 Å². The Morgan fingerprint density at radius 3 is 2.83 bits per heavy atom. The highest BCUT2D eigenvalue weighted by atomic mass is 19.1. The van der Waals surface area contributed by atoms with Crippen molar-refractivity contribution in [3.05, 3.63) is 33.1 Å². The van der Waals surface area contributed by atoms with E-state index in [1.807, 2.05) is 4.98 Å². The number of H-pyrrole nitrogens is 1. The Balaban J connectivity index is 2.30. The van der Waals surface area contributed by atoms with Crippen molar-refractivity contribution < 1.29 is 28.8 Å². The van der Waals surface area contributed by atoms with Gasteiger partial charge < -0.3 is 9.84 Å². The fraction of sp³-hybridized carbons (Fsp3) is 0.615. The molecule has 1 aromatic heterocycles. The minimum atomic E-state index is -2.32. The number of aliphatic hydroxyl groups excluding tert-OH is 1. The second-order valence-corrected chi connectivity index (χ2v) is 5.20. The van der Waals surface area contributed by atoms with Gasteiger partial charge in [0.25, 0.3) is 5.56 Å². The van der Waals surface area contributed by atoms with Gasteiger partial charge in [-0.15, -0.1) is 0 Å². The summed E-state index contributed by atoms with van der Waals surface area (Å²) in [4.78, 5) is 45.3. The number of halogens is 1. The largest absolute Gasteiger partial charge is 0.394 e. The van der Waals surface area contributed by atoms with E-state index in [1.54, 1.807) is 0 Å². The van der Waals surface area contributed by atoms with Gasteiger partial charge in [-0.05, 0) is 6.92 Å². The Bertz CT molecular complexity index is 683. The molecular weight excluding hydrogens is 315 g/mol. The molecule has 0 spiro atoms. The van der Waals surface area contributed by atoms with E-state index < -0.39 is 47.9 Å². The first-order valence-electron chi connectivity index (χ1n) is 6.94. The molecule has 0 amide bonds. The lowest BCUT2D eigenvalue weighted by atomic mass is 9.98. The number of carbonyl (C=O) groups is 1. The molecule has 0 aliphatic carbocycles. The first-order valence-corrected chi connectivity index (χ1v) is 6.94. The van der Waals surface area contributed by atoms with Crippen LogP contribution in [0.15, 0.2) is 21.9 Å². The summed E-state index contributed by atoms with van der Waals surface area (Å²) in [5.41, 5.74) is -3.84. The van der Waals surface area contributed by atoms with Crippen LogP contribution in [-0.4, -0.2) is 45.1 Å². The molecule has 0 radical (unpaired) electrons. The molecule has 0 saturated carbocycles. The van der Waals surface area contributed by atoms with E-state index in [-0.39, 0.29) is 6.42 Å². The quantitative estimate of drug-likeness (QED) is 0.546. The summed E-state index contributed by atoms with van der Waals surface area (Å²) in [5.74, 6) is -0.720. The van der Waals surface area contributed by atoms with Gasteiger partial charge in [0.05, 0.1) is 6.61 Å². The zero-order valence-electron chi connectivity index (χ0n) is 12.5. The molecule has 1 aromatic rings. The maximum absolute atomic E-state index is 15.1. The summed E-state index contributed by atoms with van der Waals surface area (Å²) < 4.78 is 21.2. The van der Waals surface area contributed by atoms with Crippen molar-refractivity contribution in [2.24, 2.45) is 0 Å². The Hall–Kier alpha value is -2.04. The van der Waals surface area contributed by atoms with Gasteiger partial charge >= 0.3 is 11.7 Å². The highest BCUT2D eigenvalue weighted by Crippen LogP contribution is 2.42. The summed E-state index contributed by atoms with van der Waals surface area (Å²) in [6.45, 7) is 1.98. The molecule has 0 unspecified atom stereocenters. The zero-order chi connectivity index (χ0) is 17.2. The van der Waals surface area contributed by atoms with Crippen LogP contribution in [-0.2, 0) is 19.3 Å². The predicted molar refractivity (Wildman–Crippen MR) is 73.1 cm³/mol. The molecule has 4 atom stereocenters. The molecule has 10 heteroatoms. The first-order chi connectivity index (χ1) is 10.8. The van der Waals surface area contributed by atoms with Crippen LogP contribution in [0, 0.1) is 0 Å². The van der Waals surface area contributed by atoms with Crippen molar-refractivity contribution in [3.63, 3.8) is 0 Å². The van der Waals surface area contributed by atoms with Gasteiger partial charge in [-0.25, -0.2) is 14.0 Å². The van der Waals surface area contributed by atoms with Gasteiger partial charge in [-0.2, -0.15) is 4.89 Å². The molecule has 1 fully saturated rings. The third kappa shape index (κ3) is 3.33. The number of nitrogens with one attached hydrogen (secondary N) is 1. The Kier molecular flexibility index (Phi) is 4.97. The van der Waals surface area contributed by atoms with E-state index in [0.717, 1.165) is 23.8 Å². The first kappa shape index (κ1) is 17.3. The number of hydrogen-bond donors (Lipinski definition) is 2. The van der Waals surface area contributed by atoms with E-state index in [4.69, 9.17) is 9.62 Å². The molecule has 0 bridgehead atoms. The number of rotatable bonds is 5.